The molecule has 0 aliphatic rings. The Kier molecular flexibility index (Phi) is 13.3. The van der Waals surface area contributed by atoms with Crippen LogP contribution in [-0.2, 0) is 0 Å². The van der Waals surface area contributed by atoms with Gasteiger partial charge in [0.1, 0.15) is 0 Å². The van der Waals surface area contributed by atoms with Crippen LogP contribution in [-0.4, -0.2) is 24.3 Å². The number of rotatable bonds is 13. The molecular formula is C16H35NO. The summed E-state index contributed by atoms with van der Waals surface area (Å²) in [5, 5.41) is 13.1. The van der Waals surface area contributed by atoms with E-state index in [9.17, 15) is 5.11 Å². The second-order valence-electron chi connectivity index (χ2n) is 5.97. The minimum absolute atomic E-state index is 0.149. The molecule has 0 aromatic carbocycles. The van der Waals surface area contributed by atoms with Gasteiger partial charge in [0.05, 0.1) is 6.10 Å². The molecule has 0 aromatic rings. The fraction of sp³-hybridized carbons (Fsp3) is 1.00. The first-order valence-electron chi connectivity index (χ1n) is 8.05. The van der Waals surface area contributed by atoms with Crippen LogP contribution in [0.3, 0.4) is 0 Å². The van der Waals surface area contributed by atoms with Gasteiger partial charge in [0.25, 0.3) is 0 Å². The van der Waals surface area contributed by atoms with Gasteiger partial charge in [-0.2, -0.15) is 0 Å². The zero-order valence-electron chi connectivity index (χ0n) is 12.9. The third-order valence-corrected chi connectivity index (χ3v) is 3.32. The van der Waals surface area contributed by atoms with Crippen molar-refractivity contribution in [3.8, 4) is 0 Å². The number of aliphatic hydroxyl groups excluding tert-OH is 1. The summed E-state index contributed by atoms with van der Waals surface area (Å²) >= 11 is 0. The van der Waals surface area contributed by atoms with Crippen molar-refractivity contribution in [3.05, 3.63) is 0 Å². The number of nitrogens with one attached hydrogen (secondary N) is 1. The molecule has 0 fully saturated rings. The van der Waals surface area contributed by atoms with E-state index in [-0.39, 0.29) is 6.10 Å². The Hall–Kier alpha value is -0.0800. The van der Waals surface area contributed by atoms with Crippen molar-refractivity contribution in [1.82, 2.24) is 5.32 Å². The minimum Gasteiger partial charge on any atom is -0.392 e. The van der Waals surface area contributed by atoms with Gasteiger partial charge in [-0.1, -0.05) is 72.1 Å². The van der Waals surface area contributed by atoms with Crippen molar-refractivity contribution in [2.24, 2.45) is 5.92 Å². The smallest absolute Gasteiger partial charge is 0.0664 e. The molecule has 0 aliphatic heterocycles. The monoisotopic (exact) mass is 257 g/mol. The molecule has 0 heterocycles. The summed E-state index contributed by atoms with van der Waals surface area (Å²) in [6, 6.07) is 0. The number of hydrogen-bond donors (Lipinski definition) is 2. The first-order chi connectivity index (χ1) is 8.66. The van der Waals surface area contributed by atoms with Crippen molar-refractivity contribution in [2.75, 3.05) is 13.1 Å². The summed E-state index contributed by atoms with van der Waals surface area (Å²) in [5.41, 5.74) is 0. The van der Waals surface area contributed by atoms with Gasteiger partial charge in [-0.15, -0.1) is 0 Å². The van der Waals surface area contributed by atoms with Gasteiger partial charge in [0.15, 0.2) is 0 Å². The highest BCUT2D eigenvalue weighted by molar-refractivity contribution is 4.61. The van der Waals surface area contributed by atoms with Crippen molar-refractivity contribution >= 4 is 0 Å². The zero-order chi connectivity index (χ0) is 13.6. The molecule has 1 unspecified atom stereocenters. The average Bonchev–Trinajstić information content (AvgIpc) is 2.32. The molecule has 2 nitrogen and oxygen atoms in total. The molecular weight excluding hydrogens is 222 g/mol. The molecule has 0 saturated heterocycles. The number of aliphatic hydroxyl groups is 1. The van der Waals surface area contributed by atoms with Gasteiger partial charge in [-0.3, -0.25) is 0 Å². The molecule has 0 radical (unpaired) electrons. The maximum Gasteiger partial charge on any atom is 0.0664 e. The predicted octanol–water partition coefficient (Wildman–Crippen LogP) is 4.12. The fourth-order valence-electron chi connectivity index (χ4n) is 2.15. The van der Waals surface area contributed by atoms with Gasteiger partial charge in [0.2, 0.25) is 0 Å². The molecule has 2 N–H and O–H groups in total. The zero-order valence-corrected chi connectivity index (χ0v) is 12.9. The van der Waals surface area contributed by atoms with Gasteiger partial charge in [0, 0.05) is 6.54 Å². The molecule has 1 atom stereocenters. The second kappa shape index (κ2) is 13.4. The molecule has 110 valence electrons. The lowest BCUT2D eigenvalue weighted by atomic mass is 10.1. The SMILES string of the molecule is CCCCCCCCCCC(O)CNCC(C)C. The summed E-state index contributed by atoms with van der Waals surface area (Å²) in [6.45, 7) is 8.41. The summed E-state index contributed by atoms with van der Waals surface area (Å²) in [7, 11) is 0. The van der Waals surface area contributed by atoms with Crippen LogP contribution in [0.2, 0.25) is 0 Å². The minimum atomic E-state index is -0.149. The molecule has 0 aromatic heterocycles. The standard InChI is InChI=1S/C16H35NO/c1-4-5-6-7-8-9-10-11-12-16(18)14-17-13-15(2)3/h15-18H,4-14H2,1-3H3. The summed E-state index contributed by atoms with van der Waals surface area (Å²) in [4.78, 5) is 0. The van der Waals surface area contributed by atoms with E-state index in [0.717, 1.165) is 19.5 Å². The van der Waals surface area contributed by atoms with Gasteiger partial charge in [-0.25, -0.2) is 0 Å². The highest BCUT2D eigenvalue weighted by atomic mass is 16.3. The topological polar surface area (TPSA) is 32.3 Å². The summed E-state index contributed by atoms with van der Waals surface area (Å²) in [6.07, 6.45) is 11.5. The van der Waals surface area contributed by atoms with E-state index in [1.165, 1.54) is 51.4 Å². The van der Waals surface area contributed by atoms with Gasteiger partial charge in [-0.05, 0) is 18.9 Å². The maximum absolute atomic E-state index is 9.77. The Labute approximate surface area is 115 Å². The third-order valence-electron chi connectivity index (χ3n) is 3.32. The maximum atomic E-state index is 9.77. The molecule has 18 heavy (non-hydrogen) atoms. The summed E-state index contributed by atoms with van der Waals surface area (Å²) in [5.74, 6) is 0.667. The Morgan fingerprint density at radius 3 is 1.94 bits per heavy atom. The Morgan fingerprint density at radius 2 is 1.39 bits per heavy atom. The van der Waals surface area contributed by atoms with Crippen LogP contribution in [0.4, 0.5) is 0 Å². The molecule has 0 aliphatic carbocycles. The van der Waals surface area contributed by atoms with Gasteiger partial charge < -0.3 is 10.4 Å². The van der Waals surface area contributed by atoms with Crippen LogP contribution in [0.15, 0.2) is 0 Å². The lowest BCUT2D eigenvalue weighted by Crippen LogP contribution is -2.29. The van der Waals surface area contributed by atoms with Crippen molar-refractivity contribution in [2.45, 2.75) is 84.7 Å². The predicted molar refractivity (Wildman–Crippen MR) is 80.9 cm³/mol. The molecule has 0 saturated carbocycles. The van der Waals surface area contributed by atoms with Crippen LogP contribution in [0.25, 0.3) is 0 Å². The Balaban J connectivity index is 3.12. The third kappa shape index (κ3) is 14.0. The lowest BCUT2D eigenvalue weighted by Gasteiger charge is -2.13. The lowest BCUT2D eigenvalue weighted by molar-refractivity contribution is 0.157. The molecule has 0 rings (SSSR count). The van der Waals surface area contributed by atoms with Crippen LogP contribution in [0.5, 0.6) is 0 Å². The summed E-state index contributed by atoms with van der Waals surface area (Å²) < 4.78 is 0. The first-order valence-corrected chi connectivity index (χ1v) is 8.05. The molecule has 0 bridgehead atoms. The Bertz CT molecular complexity index is 159. The quantitative estimate of drug-likeness (QED) is 0.486. The van der Waals surface area contributed by atoms with Crippen molar-refractivity contribution < 1.29 is 5.11 Å². The highest BCUT2D eigenvalue weighted by Crippen LogP contribution is 2.10. The normalized spacial score (nSPS) is 13.2. The Morgan fingerprint density at radius 1 is 0.833 bits per heavy atom. The van der Waals surface area contributed by atoms with E-state index in [4.69, 9.17) is 0 Å². The van der Waals surface area contributed by atoms with E-state index in [1.54, 1.807) is 0 Å². The van der Waals surface area contributed by atoms with E-state index in [2.05, 4.69) is 26.1 Å². The number of hydrogen-bond acceptors (Lipinski definition) is 2. The fourth-order valence-corrected chi connectivity index (χ4v) is 2.15. The molecule has 2 heteroatoms. The van der Waals surface area contributed by atoms with Gasteiger partial charge >= 0.3 is 0 Å². The first kappa shape index (κ1) is 17.9. The molecule has 0 amide bonds. The number of unbranched alkanes of at least 4 members (excludes halogenated alkanes) is 7. The van der Waals surface area contributed by atoms with Crippen molar-refractivity contribution in [3.63, 3.8) is 0 Å². The molecule has 0 spiro atoms. The van der Waals surface area contributed by atoms with Crippen LogP contribution in [0, 0.1) is 5.92 Å². The van der Waals surface area contributed by atoms with Crippen LogP contribution < -0.4 is 5.32 Å². The van der Waals surface area contributed by atoms with E-state index < -0.39 is 0 Å². The second-order valence-corrected chi connectivity index (χ2v) is 5.97. The van der Waals surface area contributed by atoms with Crippen molar-refractivity contribution in [1.29, 1.82) is 0 Å². The largest absolute Gasteiger partial charge is 0.392 e. The van der Waals surface area contributed by atoms with E-state index >= 15 is 0 Å². The highest BCUT2D eigenvalue weighted by Gasteiger charge is 2.03. The van der Waals surface area contributed by atoms with Crippen LogP contribution >= 0.6 is 0 Å². The average molecular weight is 257 g/mol. The van der Waals surface area contributed by atoms with E-state index in [0.29, 0.717) is 5.92 Å². The van der Waals surface area contributed by atoms with E-state index in [1.807, 2.05) is 0 Å². The van der Waals surface area contributed by atoms with Crippen LogP contribution in [0.1, 0.15) is 78.6 Å².